The summed E-state index contributed by atoms with van der Waals surface area (Å²) < 4.78 is 52.6. The van der Waals surface area contributed by atoms with Crippen molar-refractivity contribution in [3.05, 3.63) is 71.9 Å². The fourth-order valence-electron chi connectivity index (χ4n) is 2.85. The lowest BCUT2D eigenvalue weighted by molar-refractivity contribution is -0.112. The van der Waals surface area contributed by atoms with Crippen LogP contribution >= 0.6 is 0 Å². The van der Waals surface area contributed by atoms with Gasteiger partial charge < -0.3 is 5.32 Å². The van der Waals surface area contributed by atoms with Crippen LogP contribution in [0.2, 0.25) is 0 Å². The van der Waals surface area contributed by atoms with Crippen LogP contribution in [0.4, 0.5) is 5.69 Å². The molecule has 1 N–H and O–H groups in total. The van der Waals surface area contributed by atoms with Crippen molar-refractivity contribution < 1.29 is 21.6 Å². The molecule has 0 radical (unpaired) electrons. The molecular formula is C20H21N3O5S2. The molecule has 0 saturated carbocycles. The monoisotopic (exact) mass is 447 g/mol. The standard InChI is InChI=1S/C20H21N3O5S2/c1-15-19(20(24)21-17-8-10-18(11-9-17)29(2,25)26)14-23(30(27,28)22-15)13-12-16-6-4-3-5-7-16/h3-11,14H,12-13H2,1-2H3,(H,21,24). The fourth-order valence-corrected chi connectivity index (χ4v) is 4.59. The highest BCUT2D eigenvalue weighted by Gasteiger charge is 2.28. The predicted octanol–water partition coefficient (Wildman–Crippen LogP) is 2.18. The average molecular weight is 448 g/mol. The van der Waals surface area contributed by atoms with Gasteiger partial charge in [0.05, 0.1) is 16.2 Å². The van der Waals surface area contributed by atoms with Crippen molar-refractivity contribution >= 4 is 37.4 Å². The van der Waals surface area contributed by atoms with Crippen molar-refractivity contribution in [2.45, 2.75) is 18.2 Å². The van der Waals surface area contributed by atoms with Crippen LogP contribution in [0.5, 0.6) is 0 Å². The summed E-state index contributed by atoms with van der Waals surface area (Å²) in [5.74, 6) is -0.539. The maximum atomic E-state index is 12.7. The maximum Gasteiger partial charge on any atom is 0.344 e. The first-order valence-electron chi connectivity index (χ1n) is 9.02. The van der Waals surface area contributed by atoms with Gasteiger partial charge in [0.15, 0.2) is 9.84 Å². The van der Waals surface area contributed by atoms with Crippen LogP contribution in [0.1, 0.15) is 12.5 Å². The number of sulfone groups is 1. The number of carbonyl (C=O) groups excluding carboxylic acids is 1. The van der Waals surface area contributed by atoms with E-state index in [0.29, 0.717) is 12.1 Å². The van der Waals surface area contributed by atoms with Gasteiger partial charge in [0.25, 0.3) is 5.91 Å². The summed E-state index contributed by atoms with van der Waals surface area (Å²) in [5.41, 5.74) is 1.54. The summed E-state index contributed by atoms with van der Waals surface area (Å²) in [6.07, 6.45) is 2.84. The molecule has 10 heteroatoms. The topological polar surface area (TPSA) is 113 Å². The highest BCUT2D eigenvalue weighted by Crippen LogP contribution is 2.20. The molecule has 0 aromatic heterocycles. The van der Waals surface area contributed by atoms with Gasteiger partial charge in [-0.15, -0.1) is 4.40 Å². The Morgan fingerprint density at radius 1 is 1.07 bits per heavy atom. The molecule has 3 rings (SSSR count). The Morgan fingerprint density at radius 3 is 2.30 bits per heavy atom. The Balaban J connectivity index is 1.78. The number of amides is 1. The molecule has 30 heavy (non-hydrogen) atoms. The van der Waals surface area contributed by atoms with Crippen molar-refractivity contribution in [3.8, 4) is 0 Å². The van der Waals surface area contributed by atoms with E-state index >= 15 is 0 Å². The molecule has 2 aromatic rings. The summed E-state index contributed by atoms with van der Waals surface area (Å²) >= 11 is 0. The predicted molar refractivity (Wildman–Crippen MR) is 115 cm³/mol. The second kappa shape index (κ2) is 8.41. The molecular weight excluding hydrogens is 426 g/mol. The number of carbonyl (C=O) groups is 1. The lowest BCUT2D eigenvalue weighted by Crippen LogP contribution is -2.34. The van der Waals surface area contributed by atoms with E-state index in [0.717, 1.165) is 16.1 Å². The third-order valence-electron chi connectivity index (χ3n) is 4.46. The Morgan fingerprint density at radius 2 is 1.70 bits per heavy atom. The second-order valence-corrected chi connectivity index (χ2v) is 10.4. The van der Waals surface area contributed by atoms with Crippen LogP contribution in [0, 0.1) is 0 Å². The molecule has 8 nitrogen and oxygen atoms in total. The molecule has 0 fully saturated rings. The lowest BCUT2D eigenvalue weighted by Gasteiger charge is -2.23. The van der Waals surface area contributed by atoms with Crippen LogP contribution < -0.4 is 5.32 Å². The molecule has 1 aliphatic heterocycles. The Bertz CT molecular complexity index is 1220. The zero-order valence-corrected chi connectivity index (χ0v) is 18.1. The van der Waals surface area contributed by atoms with Gasteiger partial charge in [0, 0.05) is 24.7 Å². The lowest BCUT2D eigenvalue weighted by atomic mass is 10.1. The van der Waals surface area contributed by atoms with Gasteiger partial charge in [-0.05, 0) is 43.2 Å². The Labute approximate surface area is 176 Å². The number of anilines is 1. The van der Waals surface area contributed by atoms with Crippen LogP contribution in [-0.4, -0.2) is 45.6 Å². The van der Waals surface area contributed by atoms with E-state index in [-0.39, 0.29) is 22.7 Å². The van der Waals surface area contributed by atoms with Gasteiger partial charge in [-0.3, -0.25) is 9.10 Å². The van der Waals surface area contributed by atoms with Gasteiger partial charge in [-0.1, -0.05) is 30.3 Å². The summed E-state index contributed by atoms with van der Waals surface area (Å²) in [6.45, 7) is 1.59. The molecule has 0 atom stereocenters. The summed E-state index contributed by atoms with van der Waals surface area (Å²) in [4.78, 5) is 12.8. The highest BCUT2D eigenvalue weighted by molar-refractivity contribution is 7.90. The smallest absolute Gasteiger partial charge is 0.322 e. The fraction of sp³-hybridized carbons (Fsp3) is 0.200. The van der Waals surface area contributed by atoms with E-state index in [9.17, 15) is 21.6 Å². The molecule has 1 heterocycles. The molecule has 158 valence electrons. The second-order valence-electron chi connectivity index (χ2n) is 6.79. The number of benzene rings is 2. The minimum absolute atomic E-state index is 0.0798. The zero-order valence-electron chi connectivity index (χ0n) is 16.4. The molecule has 0 unspecified atom stereocenters. The minimum atomic E-state index is -3.91. The first-order valence-corrected chi connectivity index (χ1v) is 12.3. The van der Waals surface area contributed by atoms with Gasteiger partial charge in [-0.2, -0.15) is 8.42 Å². The first-order chi connectivity index (χ1) is 14.1. The van der Waals surface area contributed by atoms with Gasteiger partial charge in [0.2, 0.25) is 0 Å². The summed E-state index contributed by atoms with van der Waals surface area (Å²) in [7, 11) is -7.25. The third kappa shape index (κ3) is 5.14. The van der Waals surface area contributed by atoms with Crippen molar-refractivity contribution in [2.75, 3.05) is 18.1 Å². The van der Waals surface area contributed by atoms with E-state index in [4.69, 9.17) is 0 Å². The van der Waals surface area contributed by atoms with Crippen LogP contribution in [0.3, 0.4) is 0 Å². The highest BCUT2D eigenvalue weighted by atomic mass is 32.2. The van der Waals surface area contributed by atoms with E-state index in [1.54, 1.807) is 0 Å². The van der Waals surface area contributed by atoms with E-state index in [1.165, 1.54) is 37.4 Å². The van der Waals surface area contributed by atoms with Gasteiger partial charge in [-0.25, -0.2) is 8.42 Å². The largest absolute Gasteiger partial charge is 0.344 e. The first kappa shape index (κ1) is 21.7. The molecule has 0 bridgehead atoms. The van der Waals surface area contributed by atoms with Gasteiger partial charge >= 0.3 is 10.2 Å². The van der Waals surface area contributed by atoms with Crippen LogP contribution in [0.15, 0.2) is 75.7 Å². The SMILES string of the molecule is CC1=NS(=O)(=O)N(CCc2ccccc2)C=C1C(=O)Nc1ccc(S(C)(=O)=O)cc1. The Hall–Kier alpha value is -2.98. The van der Waals surface area contributed by atoms with E-state index < -0.39 is 26.0 Å². The van der Waals surface area contributed by atoms with Gasteiger partial charge in [0.1, 0.15) is 0 Å². The molecule has 2 aromatic carbocycles. The van der Waals surface area contributed by atoms with Crippen LogP contribution in [0.25, 0.3) is 0 Å². The molecule has 0 saturated heterocycles. The third-order valence-corrected chi connectivity index (χ3v) is 6.97. The molecule has 0 spiro atoms. The number of hydrogen-bond donors (Lipinski definition) is 1. The van der Waals surface area contributed by atoms with Crippen LogP contribution in [-0.2, 0) is 31.3 Å². The number of nitrogens with one attached hydrogen (secondary N) is 1. The van der Waals surface area contributed by atoms with Crippen molar-refractivity contribution in [1.29, 1.82) is 0 Å². The molecule has 1 aliphatic rings. The number of rotatable bonds is 6. The molecule has 1 amide bonds. The number of nitrogens with zero attached hydrogens (tertiary/aromatic N) is 2. The summed E-state index contributed by atoms with van der Waals surface area (Å²) in [5, 5.41) is 2.64. The molecule has 0 aliphatic carbocycles. The summed E-state index contributed by atoms with van der Waals surface area (Å²) in [6, 6.07) is 15.1. The van der Waals surface area contributed by atoms with Crippen molar-refractivity contribution in [1.82, 2.24) is 4.31 Å². The minimum Gasteiger partial charge on any atom is -0.322 e. The number of hydrogen-bond acceptors (Lipinski definition) is 5. The van der Waals surface area contributed by atoms with E-state index in [1.807, 2.05) is 30.3 Å². The normalized spacial score (nSPS) is 15.9. The zero-order chi connectivity index (χ0) is 21.9. The average Bonchev–Trinajstić information content (AvgIpc) is 2.67. The Kier molecular flexibility index (Phi) is 6.09. The van der Waals surface area contributed by atoms with Crippen molar-refractivity contribution in [2.24, 2.45) is 4.40 Å². The quantitative estimate of drug-likeness (QED) is 0.729. The van der Waals surface area contributed by atoms with E-state index in [2.05, 4.69) is 9.71 Å². The van der Waals surface area contributed by atoms with Crippen molar-refractivity contribution in [3.63, 3.8) is 0 Å². The maximum absolute atomic E-state index is 12.7.